The summed E-state index contributed by atoms with van der Waals surface area (Å²) in [5.74, 6) is 0.498. The molecular formula is C25H16Cl2N2O2S. The highest BCUT2D eigenvalue weighted by Gasteiger charge is 2.13. The molecule has 0 fully saturated rings. The molecule has 0 radical (unpaired) electrons. The summed E-state index contributed by atoms with van der Waals surface area (Å²) >= 11 is 13.7. The third-order valence-electron chi connectivity index (χ3n) is 4.98. The zero-order valence-electron chi connectivity index (χ0n) is 16.6. The first-order valence-electron chi connectivity index (χ1n) is 9.85. The number of furan rings is 1. The van der Waals surface area contributed by atoms with Gasteiger partial charge >= 0.3 is 0 Å². The number of rotatable bonds is 5. The van der Waals surface area contributed by atoms with Crippen molar-refractivity contribution in [1.82, 2.24) is 10.3 Å². The second-order valence-electron chi connectivity index (χ2n) is 7.16. The van der Waals surface area contributed by atoms with E-state index >= 15 is 0 Å². The average molecular weight is 479 g/mol. The zero-order valence-corrected chi connectivity index (χ0v) is 19.0. The van der Waals surface area contributed by atoms with Gasteiger partial charge in [0.1, 0.15) is 10.8 Å². The number of thiazole rings is 1. The first kappa shape index (κ1) is 20.8. The largest absolute Gasteiger partial charge is 0.451 e. The second-order valence-corrected chi connectivity index (χ2v) is 9.00. The van der Waals surface area contributed by atoms with Crippen molar-refractivity contribution in [3.05, 3.63) is 100 Å². The standard InChI is InChI=1S/C25H16Cl2N2O2S/c26-18-10-9-17(13-19(18)27)21-11-12-22(31-21)24(30)28-14-15-5-7-16(8-6-15)25-29-20-3-1-2-4-23(20)32-25/h1-13H,14H2,(H,28,30). The van der Waals surface area contributed by atoms with E-state index in [9.17, 15) is 4.79 Å². The Balaban J connectivity index is 1.24. The van der Waals surface area contributed by atoms with Gasteiger partial charge in [0.25, 0.3) is 5.91 Å². The zero-order chi connectivity index (χ0) is 22.1. The Labute approximate surface area is 198 Å². The molecule has 3 aromatic carbocycles. The van der Waals surface area contributed by atoms with Crippen LogP contribution in [0.3, 0.4) is 0 Å². The smallest absolute Gasteiger partial charge is 0.287 e. The molecule has 5 rings (SSSR count). The molecule has 2 heterocycles. The molecule has 0 saturated carbocycles. The van der Waals surface area contributed by atoms with Gasteiger partial charge in [-0.15, -0.1) is 11.3 Å². The van der Waals surface area contributed by atoms with Crippen LogP contribution < -0.4 is 5.32 Å². The summed E-state index contributed by atoms with van der Waals surface area (Å²) < 4.78 is 6.86. The Morgan fingerprint density at radius 2 is 1.69 bits per heavy atom. The molecule has 0 spiro atoms. The van der Waals surface area contributed by atoms with E-state index in [2.05, 4.69) is 16.4 Å². The Morgan fingerprint density at radius 3 is 2.47 bits per heavy atom. The average Bonchev–Trinajstić information content (AvgIpc) is 3.47. The van der Waals surface area contributed by atoms with Crippen molar-refractivity contribution < 1.29 is 9.21 Å². The topological polar surface area (TPSA) is 55.1 Å². The van der Waals surface area contributed by atoms with Gasteiger partial charge in [-0.25, -0.2) is 4.98 Å². The van der Waals surface area contributed by atoms with E-state index < -0.39 is 0 Å². The number of carbonyl (C=O) groups is 1. The van der Waals surface area contributed by atoms with Gasteiger partial charge in [-0.2, -0.15) is 0 Å². The molecule has 7 heteroatoms. The summed E-state index contributed by atoms with van der Waals surface area (Å²) in [5, 5.41) is 4.77. The molecule has 0 aliphatic carbocycles. The van der Waals surface area contributed by atoms with Gasteiger partial charge in [-0.05, 0) is 48.0 Å². The Morgan fingerprint density at radius 1 is 0.906 bits per heavy atom. The van der Waals surface area contributed by atoms with Gasteiger partial charge in [0.15, 0.2) is 5.76 Å². The van der Waals surface area contributed by atoms with Gasteiger partial charge in [0.05, 0.1) is 20.3 Å². The van der Waals surface area contributed by atoms with E-state index in [0.717, 1.165) is 31.9 Å². The number of benzene rings is 3. The lowest BCUT2D eigenvalue weighted by Crippen LogP contribution is -2.22. The normalized spacial score (nSPS) is 11.1. The van der Waals surface area contributed by atoms with Crippen molar-refractivity contribution in [2.75, 3.05) is 0 Å². The lowest BCUT2D eigenvalue weighted by molar-refractivity contribution is 0.0924. The molecule has 0 aliphatic heterocycles. The van der Waals surface area contributed by atoms with Crippen LogP contribution in [0.4, 0.5) is 0 Å². The molecule has 5 aromatic rings. The fourth-order valence-electron chi connectivity index (χ4n) is 3.29. The number of aromatic nitrogens is 1. The quantitative estimate of drug-likeness (QED) is 0.285. The predicted molar refractivity (Wildman–Crippen MR) is 130 cm³/mol. The Kier molecular flexibility index (Phi) is 5.70. The number of nitrogens with zero attached hydrogens (tertiary/aromatic N) is 1. The fraction of sp³-hybridized carbons (Fsp3) is 0.0400. The Hall–Kier alpha value is -3.12. The van der Waals surface area contributed by atoms with Crippen LogP contribution in [-0.2, 0) is 6.54 Å². The molecule has 32 heavy (non-hydrogen) atoms. The number of hydrogen-bond donors (Lipinski definition) is 1. The summed E-state index contributed by atoms with van der Waals surface area (Å²) in [6, 6.07) is 24.7. The van der Waals surface area contributed by atoms with Crippen LogP contribution in [0, 0.1) is 0 Å². The van der Waals surface area contributed by atoms with E-state index in [1.807, 2.05) is 42.5 Å². The Bertz CT molecular complexity index is 1390. The van der Waals surface area contributed by atoms with Crippen LogP contribution in [0.5, 0.6) is 0 Å². The summed E-state index contributed by atoms with van der Waals surface area (Å²) in [7, 11) is 0. The number of carbonyl (C=O) groups excluding carboxylic acids is 1. The van der Waals surface area contributed by atoms with E-state index in [1.54, 1.807) is 41.7 Å². The molecule has 2 aromatic heterocycles. The highest BCUT2D eigenvalue weighted by molar-refractivity contribution is 7.21. The first-order valence-corrected chi connectivity index (χ1v) is 11.4. The maximum atomic E-state index is 12.5. The highest BCUT2D eigenvalue weighted by atomic mass is 35.5. The lowest BCUT2D eigenvalue weighted by Gasteiger charge is -2.05. The number of para-hydroxylation sites is 1. The van der Waals surface area contributed by atoms with Crippen LogP contribution in [0.1, 0.15) is 16.1 Å². The van der Waals surface area contributed by atoms with Crippen molar-refractivity contribution >= 4 is 50.7 Å². The third-order valence-corrected chi connectivity index (χ3v) is 6.81. The molecular weight excluding hydrogens is 463 g/mol. The molecule has 0 unspecified atom stereocenters. The molecule has 1 amide bonds. The molecule has 0 atom stereocenters. The van der Waals surface area contributed by atoms with Gasteiger partial charge in [-0.1, -0.05) is 59.6 Å². The van der Waals surface area contributed by atoms with Crippen LogP contribution in [0.25, 0.3) is 32.1 Å². The maximum Gasteiger partial charge on any atom is 0.287 e. The van der Waals surface area contributed by atoms with Gasteiger partial charge in [0.2, 0.25) is 0 Å². The number of nitrogens with one attached hydrogen (secondary N) is 1. The fourth-order valence-corrected chi connectivity index (χ4v) is 4.56. The third kappa shape index (κ3) is 4.28. The van der Waals surface area contributed by atoms with E-state index in [-0.39, 0.29) is 11.7 Å². The minimum absolute atomic E-state index is 0.233. The van der Waals surface area contributed by atoms with Crippen molar-refractivity contribution in [2.45, 2.75) is 6.54 Å². The summed E-state index contributed by atoms with van der Waals surface area (Å²) in [6.07, 6.45) is 0. The molecule has 4 nitrogen and oxygen atoms in total. The maximum absolute atomic E-state index is 12.5. The lowest BCUT2D eigenvalue weighted by atomic mass is 10.1. The molecule has 158 valence electrons. The van der Waals surface area contributed by atoms with Crippen molar-refractivity contribution in [1.29, 1.82) is 0 Å². The number of amides is 1. The molecule has 0 saturated heterocycles. The van der Waals surface area contributed by atoms with Crippen molar-refractivity contribution in [2.24, 2.45) is 0 Å². The molecule has 0 aliphatic rings. The minimum Gasteiger partial charge on any atom is -0.451 e. The van der Waals surface area contributed by atoms with E-state index in [4.69, 9.17) is 27.6 Å². The monoisotopic (exact) mass is 478 g/mol. The highest BCUT2D eigenvalue weighted by Crippen LogP contribution is 2.31. The van der Waals surface area contributed by atoms with Crippen molar-refractivity contribution in [3.8, 4) is 21.9 Å². The van der Waals surface area contributed by atoms with Gasteiger partial charge in [-0.3, -0.25) is 4.79 Å². The van der Waals surface area contributed by atoms with Crippen molar-refractivity contribution in [3.63, 3.8) is 0 Å². The molecule has 1 N–H and O–H groups in total. The van der Waals surface area contributed by atoms with Crippen LogP contribution in [0.2, 0.25) is 10.0 Å². The number of hydrogen-bond acceptors (Lipinski definition) is 4. The number of halogens is 2. The minimum atomic E-state index is -0.286. The summed E-state index contributed by atoms with van der Waals surface area (Å²) in [6.45, 7) is 0.391. The number of fused-ring (bicyclic) bond motifs is 1. The predicted octanol–water partition coefficient (Wildman–Crippen LogP) is 7.46. The van der Waals surface area contributed by atoms with Gasteiger partial charge < -0.3 is 9.73 Å². The van der Waals surface area contributed by atoms with E-state index in [0.29, 0.717) is 22.4 Å². The molecule has 0 bridgehead atoms. The SMILES string of the molecule is O=C(NCc1ccc(-c2nc3ccccc3s2)cc1)c1ccc(-c2ccc(Cl)c(Cl)c2)o1. The van der Waals surface area contributed by atoms with E-state index in [1.165, 1.54) is 0 Å². The summed E-state index contributed by atoms with van der Waals surface area (Å²) in [5.41, 5.74) is 3.80. The summed E-state index contributed by atoms with van der Waals surface area (Å²) in [4.78, 5) is 17.2. The first-order chi connectivity index (χ1) is 15.6. The van der Waals surface area contributed by atoms with Crippen LogP contribution in [-0.4, -0.2) is 10.9 Å². The second kappa shape index (κ2) is 8.79. The van der Waals surface area contributed by atoms with Crippen LogP contribution in [0.15, 0.2) is 83.3 Å². The van der Waals surface area contributed by atoms with Gasteiger partial charge in [0, 0.05) is 17.7 Å². The van der Waals surface area contributed by atoms with Crippen LogP contribution >= 0.6 is 34.5 Å².